The fourth-order valence-corrected chi connectivity index (χ4v) is 4.30. The molecule has 0 saturated carbocycles. The van der Waals surface area contributed by atoms with Crippen LogP contribution in [0.4, 0.5) is 13.2 Å². The minimum absolute atomic E-state index is 0.0358. The first-order chi connectivity index (χ1) is 13.7. The summed E-state index contributed by atoms with van der Waals surface area (Å²) in [6.45, 7) is 0.343. The van der Waals surface area contributed by atoms with Gasteiger partial charge in [0.15, 0.2) is 0 Å². The Morgan fingerprint density at radius 3 is 2.62 bits per heavy atom. The molecule has 2 aliphatic heterocycles. The van der Waals surface area contributed by atoms with E-state index in [4.69, 9.17) is 4.74 Å². The molecule has 1 aromatic heterocycles. The molecular formula is C19H16F3N3O3S. The third kappa shape index (κ3) is 4.12. The summed E-state index contributed by atoms with van der Waals surface area (Å²) in [5.74, 6) is -0.172. The van der Waals surface area contributed by atoms with E-state index in [1.54, 1.807) is 12.1 Å². The molecule has 0 radical (unpaired) electrons. The number of benzene rings is 1. The molecule has 0 bridgehead atoms. The molecule has 1 atom stereocenters. The van der Waals surface area contributed by atoms with Gasteiger partial charge in [-0.25, -0.2) is 13.4 Å². The lowest BCUT2D eigenvalue weighted by Gasteiger charge is -2.33. The maximum atomic E-state index is 13.1. The minimum atomic E-state index is -4.58. The summed E-state index contributed by atoms with van der Waals surface area (Å²) < 4.78 is 72.3. The topological polar surface area (TPSA) is 71.9 Å². The van der Waals surface area contributed by atoms with Gasteiger partial charge in [0, 0.05) is 24.9 Å². The van der Waals surface area contributed by atoms with Gasteiger partial charge in [0.2, 0.25) is 5.88 Å². The Labute approximate surface area is 165 Å². The number of rotatable bonds is 3. The Kier molecular flexibility index (Phi) is 4.81. The molecule has 0 N–H and O–H groups in total. The number of hydrogen-bond donors (Lipinski definition) is 0. The molecule has 0 spiro atoms. The predicted octanol–water partition coefficient (Wildman–Crippen LogP) is 3.94. The van der Waals surface area contributed by atoms with Crippen LogP contribution in [0.25, 0.3) is 0 Å². The van der Waals surface area contributed by atoms with E-state index in [0.717, 1.165) is 11.6 Å². The van der Waals surface area contributed by atoms with E-state index in [1.807, 2.05) is 17.2 Å². The number of fused-ring (bicyclic) bond motifs is 1. The van der Waals surface area contributed by atoms with Crippen molar-refractivity contribution in [1.82, 2.24) is 9.88 Å². The maximum Gasteiger partial charge on any atom is 0.421 e. The first kappa shape index (κ1) is 19.4. The van der Waals surface area contributed by atoms with Crippen molar-refractivity contribution in [2.24, 2.45) is 4.40 Å². The highest BCUT2D eigenvalue weighted by molar-refractivity contribution is 7.90. The second-order valence-electron chi connectivity index (χ2n) is 6.63. The van der Waals surface area contributed by atoms with Crippen molar-refractivity contribution in [3.8, 4) is 11.6 Å². The van der Waals surface area contributed by atoms with Gasteiger partial charge in [-0.2, -0.15) is 13.2 Å². The Bertz CT molecular complexity index is 1080. The van der Waals surface area contributed by atoms with Crippen molar-refractivity contribution in [2.45, 2.75) is 18.5 Å². The van der Waals surface area contributed by atoms with E-state index in [0.29, 0.717) is 18.8 Å². The Hall–Kier alpha value is -2.88. The van der Waals surface area contributed by atoms with Gasteiger partial charge in [0.05, 0.1) is 5.75 Å². The molecule has 4 rings (SSSR count). The normalized spacial score (nSPS) is 20.7. The number of sulfonamides is 1. The van der Waals surface area contributed by atoms with Gasteiger partial charge in [-0.15, -0.1) is 4.40 Å². The summed E-state index contributed by atoms with van der Waals surface area (Å²) in [6, 6.07) is 8.55. The maximum absolute atomic E-state index is 13.1. The molecule has 6 nitrogen and oxygen atoms in total. The number of allylic oxidation sites excluding steroid dienone is 1. The van der Waals surface area contributed by atoms with Crippen LogP contribution in [0.1, 0.15) is 23.5 Å². The Morgan fingerprint density at radius 1 is 1.14 bits per heavy atom. The van der Waals surface area contributed by atoms with Crippen molar-refractivity contribution in [1.29, 1.82) is 0 Å². The Morgan fingerprint density at radius 2 is 1.90 bits per heavy atom. The van der Waals surface area contributed by atoms with Gasteiger partial charge in [-0.3, -0.25) is 0 Å². The first-order valence-corrected chi connectivity index (χ1v) is 10.4. The highest BCUT2D eigenvalue weighted by Crippen LogP contribution is 2.37. The van der Waals surface area contributed by atoms with Gasteiger partial charge < -0.3 is 9.64 Å². The van der Waals surface area contributed by atoms with Gasteiger partial charge in [0.1, 0.15) is 17.1 Å². The quantitative estimate of drug-likeness (QED) is 0.748. The van der Waals surface area contributed by atoms with E-state index in [-0.39, 0.29) is 17.4 Å². The number of halogens is 3. The highest BCUT2D eigenvalue weighted by Gasteiger charge is 2.35. The van der Waals surface area contributed by atoms with Crippen LogP contribution < -0.4 is 4.74 Å². The molecule has 0 fully saturated rings. The number of amidine groups is 1. The standard InChI is InChI=1S/C19H16F3N3O3S/c20-19(21,22)16-4-1-9-23-18(16)28-14-7-5-13(6-8-14)15-3-2-10-25-11-12-29(26,27)24-17(15)25/h1-2,4-10,15H,3,11-12H2. The molecule has 2 aliphatic rings. The zero-order valence-electron chi connectivity index (χ0n) is 15.0. The number of alkyl halides is 3. The molecule has 1 unspecified atom stereocenters. The summed E-state index contributed by atoms with van der Waals surface area (Å²) in [5, 5.41) is 0. The van der Waals surface area contributed by atoms with Crippen molar-refractivity contribution in [3.63, 3.8) is 0 Å². The first-order valence-electron chi connectivity index (χ1n) is 8.79. The van der Waals surface area contributed by atoms with E-state index in [9.17, 15) is 21.6 Å². The number of pyridine rings is 1. The van der Waals surface area contributed by atoms with Crippen LogP contribution in [0.15, 0.2) is 59.3 Å². The summed E-state index contributed by atoms with van der Waals surface area (Å²) in [4.78, 5) is 5.49. The van der Waals surface area contributed by atoms with Crippen LogP contribution in [-0.2, 0) is 16.2 Å². The Balaban J connectivity index is 1.59. The minimum Gasteiger partial charge on any atom is -0.438 e. The van der Waals surface area contributed by atoms with Crippen LogP contribution in [0.2, 0.25) is 0 Å². The van der Waals surface area contributed by atoms with E-state index >= 15 is 0 Å². The molecule has 2 aromatic rings. The van der Waals surface area contributed by atoms with Crippen LogP contribution in [-0.4, -0.2) is 36.4 Å². The lowest BCUT2D eigenvalue weighted by atomic mass is 9.92. The van der Waals surface area contributed by atoms with Gasteiger partial charge in [-0.05, 0) is 36.2 Å². The number of nitrogens with zero attached hydrogens (tertiary/aromatic N) is 3. The molecule has 10 heteroatoms. The van der Waals surface area contributed by atoms with Crippen LogP contribution >= 0.6 is 0 Å². The second kappa shape index (κ2) is 7.18. The number of ether oxygens (including phenoxy) is 1. The van der Waals surface area contributed by atoms with Crippen molar-refractivity contribution in [2.75, 3.05) is 12.3 Å². The van der Waals surface area contributed by atoms with Crippen LogP contribution in [0, 0.1) is 0 Å². The zero-order chi connectivity index (χ0) is 20.6. The smallest absolute Gasteiger partial charge is 0.421 e. The van der Waals surface area contributed by atoms with Crippen molar-refractivity contribution < 1.29 is 26.3 Å². The predicted molar refractivity (Wildman–Crippen MR) is 100 cm³/mol. The highest BCUT2D eigenvalue weighted by atomic mass is 32.2. The molecule has 0 saturated heterocycles. The molecule has 3 heterocycles. The molecule has 1 aromatic carbocycles. The third-order valence-electron chi connectivity index (χ3n) is 4.66. The number of hydrogen-bond acceptors (Lipinski definition) is 5. The van der Waals surface area contributed by atoms with Crippen LogP contribution in [0.5, 0.6) is 11.6 Å². The van der Waals surface area contributed by atoms with Crippen LogP contribution in [0.3, 0.4) is 0 Å². The van der Waals surface area contributed by atoms with Crippen molar-refractivity contribution in [3.05, 3.63) is 66.0 Å². The average Bonchev–Trinajstić information content (AvgIpc) is 2.67. The SMILES string of the molecule is O=S1(=O)CCN2C=CCC(c3ccc(Oc4ncccc4C(F)(F)F)cc3)C2=N1. The molecule has 0 aliphatic carbocycles. The van der Waals surface area contributed by atoms with Gasteiger partial charge >= 0.3 is 6.18 Å². The zero-order valence-corrected chi connectivity index (χ0v) is 15.8. The van der Waals surface area contributed by atoms with Gasteiger partial charge in [0.25, 0.3) is 10.0 Å². The lowest BCUT2D eigenvalue weighted by molar-refractivity contribution is -0.138. The summed E-state index contributed by atoms with van der Waals surface area (Å²) in [7, 11) is -3.49. The molecule has 152 valence electrons. The van der Waals surface area contributed by atoms with Crippen molar-refractivity contribution >= 4 is 15.9 Å². The summed E-state index contributed by atoms with van der Waals surface area (Å²) >= 11 is 0. The molecular weight excluding hydrogens is 407 g/mol. The second-order valence-corrected chi connectivity index (χ2v) is 8.38. The molecule has 0 amide bonds. The molecule has 29 heavy (non-hydrogen) atoms. The average molecular weight is 423 g/mol. The largest absolute Gasteiger partial charge is 0.438 e. The monoisotopic (exact) mass is 423 g/mol. The fourth-order valence-electron chi connectivity index (χ4n) is 3.27. The van der Waals surface area contributed by atoms with Gasteiger partial charge in [-0.1, -0.05) is 18.2 Å². The lowest BCUT2D eigenvalue weighted by Crippen LogP contribution is -2.41. The summed E-state index contributed by atoms with van der Waals surface area (Å²) in [6.07, 6.45) is 0.982. The summed E-state index contributed by atoms with van der Waals surface area (Å²) in [5.41, 5.74) is -0.168. The van der Waals surface area contributed by atoms with E-state index in [2.05, 4.69) is 9.38 Å². The third-order valence-corrected chi connectivity index (χ3v) is 5.82. The van der Waals surface area contributed by atoms with E-state index < -0.39 is 27.6 Å². The van der Waals surface area contributed by atoms with E-state index in [1.165, 1.54) is 24.4 Å². The fraction of sp³-hybridized carbons (Fsp3) is 0.263. The number of aromatic nitrogens is 1.